The van der Waals surface area contributed by atoms with E-state index in [4.69, 9.17) is 0 Å². The Balaban J connectivity index is 1.82. The zero-order chi connectivity index (χ0) is 32.6. The van der Waals surface area contributed by atoms with E-state index in [2.05, 4.69) is 57.6 Å². The second kappa shape index (κ2) is 19.4. The summed E-state index contributed by atoms with van der Waals surface area (Å²) in [5.74, 6) is -1.53. The van der Waals surface area contributed by atoms with E-state index in [9.17, 15) is 24.0 Å². The van der Waals surface area contributed by atoms with Crippen LogP contribution in [0.1, 0.15) is 92.4 Å². The molecule has 0 radical (unpaired) electrons. The summed E-state index contributed by atoms with van der Waals surface area (Å²) in [5, 5.41) is 17.4. The normalized spacial score (nSPS) is 19.1. The number of rotatable bonds is 20. The van der Waals surface area contributed by atoms with Crippen molar-refractivity contribution in [1.29, 1.82) is 0 Å². The van der Waals surface area contributed by atoms with Gasteiger partial charge in [0.1, 0.15) is 11.8 Å². The summed E-state index contributed by atoms with van der Waals surface area (Å²) >= 11 is 0. The quantitative estimate of drug-likeness (QED) is 0.111. The number of hydrogen-bond donors (Lipinski definition) is 6. The van der Waals surface area contributed by atoms with E-state index in [-0.39, 0.29) is 49.2 Å². The van der Waals surface area contributed by atoms with Crippen molar-refractivity contribution in [3.8, 4) is 0 Å². The number of unbranched alkanes of at least 4 members (excludes halogenated alkanes) is 1. The minimum atomic E-state index is -0.877. The molecule has 2 aliphatic carbocycles. The first-order chi connectivity index (χ1) is 20.9. The summed E-state index contributed by atoms with van der Waals surface area (Å²) in [7, 11) is 1.92. The zero-order valence-corrected chi connectivity index (χ0v) is 27.8. The maximum atomic E-state index is 12.9. The predicted octanol–water partition coefficient (Wildman–Crippen LogP) is 1.11. The molecule has 0 aromatic rings. The molecule has 0 aromatic heterocycles. The average molecular weight is 620 g/mol. The number of carbonyl (C=O) groups is 5. The maximum absolute atomic E-state index is 12.9. The molecule has 0 heterocycles. The van der Waals surface area contributed by atoms with Crippen LogP contribution >= 0.6 is 0 Å². The highest BCUT2D eigenvalue weighted by atomic mass is 16.2. The van der Waals surface area contributed by atoms with Crippen LogP contribution in [0.15, 0.2) is 11.3 Å². The SMILES string of the molecule is CCN(CCCCC(NC(=O)CNC(=O)C(C)NC(=O)CNC(=O)C1CCC(NC)CC1)C(NCC(C)=O)=C1CC1)C(C)C. The molecule has 44 heavy (non-hydrogen) atoms. The molecule has 12 nitrogen and oxygen atoms in total. The molecule has 2 unspecified atom stereocenters. The Morgan fingerprint density at radius 1 is 0.841 bits per heavy atom. The molecule has 4 amide bonds. The van der Waals surface area contributed by atoms with E-state index < -0.39 is 17.9 Å². The van der Waals surface area contributed by atoms with Gasteiger partial charge in [-0.05, 0) is 111 Å². The third-order valence-electron chi connectivity index (χ3n) is 8.54. The molecule has 0 spiro atoms. The molecule has 2 aliphatic rings. The molecule has 0 saturated heterocycles. The highest BCUT2D eigenvalue weighted by molar-refractivity contribution is 5.92. The van der Waals surface area contributed by atoms with Gasteiger partial charge in [0, 0.05) is 23.7 Å². The number of nitrogens with one attached hydrogen (secondary N) is 6. The number of ketones is 1. The van der Waals surface area contributed by atoms with Gasteiger partial charge in [-0.2, -0.15) is 0 Å². The number of allylic oxidation sites excluding steroid dienone is 1. The second-order valence-electron chi connectivity index (χ2n) is 12.5. The monoisotopic (exact) mass is 619 g/mol. The highest BCUT2D eigenvalue weighted by Gasteiger charge is 2.27. The van der Waals surface area contributed by atoms with E-state index >= 15 is 0 Å². The van der Waals surface area contributed by atoms with Crippen molar-refractivity contribution in [3.05, 3.63) is 11.3 Å². The van der Waals surface area contributed by atoms with Gasteiger partial charge in [0.2, 0.25) is 23.6 Å². The van der Waals surface area contributed by atoms with E-state index in [0.29, 0.717) is 18.5 Å². The molecule has 0 bridgehead atoms. The number of hydrogen-bond acceptors (Lipinski definition) is 8. The van der Waals surface area contributed by atoms with Crippen LogP contribution in [-0.4, -0.2) is 98.3 Å². The van der Waals surface area contributed by atoms with Crippen molar-refractivity contribution in [3.63, 3.8) is 0 Å². The topological polar surface area (TPSA) is 161 Å². The van der Waals surface area contributed by atoms with Crippen molar-refractivity contribution in [1.82, 2.24) is 36.8 Å². The Morgan fingerprint density at radius 3 is 2.05 bits per heavy atom. The van der Waals surface area contributed by atoms with E-state index in [0.717, 1.165) is 70.2 Å². The van der Waals surface area contributed by atoms with Gasteiger partial charge in [0.05, 0.1) is 25.7 Å². The van der Waals surface area contributed by atoms with Crippen molar-refractivity contribution in [2.45, 2.75) is 117 Å². The van der Waals surface area contributed by atoms with Gasteiger partial charge in [0.15, 0.2) is 0 Å². The Hall–Kier alpha value is -2.99. The Kier molecular flexibility index (Phi) is 16.4. The number of nitrogens with zero attached hydrogens (tertiary/aromatic N) is 1. The fourth-order valence-corrected chi connectivity index (χ4v) is 5.66. The summed E-state index contributed by atoms with van der Waals surface area (Å²) in [4.78, 5) is 64.5. The third-order valence-corrected chi connectivity index (χ3v) is 8.54. The molecule has 0 aliphatic heterocycles. The molecular weight excluding hydrogens is 562 g/mol. The van der Waals surface area contributed by atoms with Gasteiger partial charge >= 0.3 is 0 Å². The van der Waals surface area contributed by atoms with Crippen molar-refractivity contribution in [2.24, 2.45) is 5.92 Å². The van der Waals surface area contributed by atoms with E-state index in [1.165, 1.54) is 19.4 Å². The summed E-state index contributed by atoms with van der Waals surface area (Å²) < 4.78 is 0. The third kappa shape index (κ3) is 13.8. The van der Waals surface area contributed by atoms with Crippen LogP contribution < -0.4 is 31.9 Å². The number of Topliss-reactive ketones (excluding diaryl/α,β-unsaturated/α-hetero) is 1. The molecule has 0 aromatic carbocycles. The average Bonchev–Trinajstić information content (AvgIpc) is 3.83. The standard InChI is InChI=1S/C32H57N7O5/c1-7-39(21(2)3)17-9-8-10-27(30(24-11-12-24)34-18-22(4)40)38-29(42)20-35-31(43)23(5)37-28(41)19-36-32(44)25-13-15-26(33-6)16-14-25/h21,23,25-27,33-34H,7-20H2,1-6H3,(H,35,43)(H,36,44)(H,37,41)(H,38,42). The Morgan fingerprint density at radius 2 is 1.48 bits per heavy atom. The fourth-order valence-electron chi connectivity index (χ4n) is 5.66. The summed E-state index contributed by atoms with van der Waals surface area (Å²) in [6.07, 6.45) is 7.89. The minimum absolute atomic E-state index is 0.0175. The van der Waals surface area contributed by atoms with Gasteiger partial charge in [-0.25, -0.2) is 0 Å². The van der Waals surface area contributed by atoms with Crippen LogP contribution in [0, 0.1) is 5.92 Å². The number of amides is 4. The molecule has 2 atom stereocenters. The van der Waals surface area contributed by atoms with Crippen LogP contribution in [0.3, 0.4) is 0 Å². The summed E-state index contributed by atoms with van der Waals surface area (Å²) in [6.45, 7) is 11.3. The number of carbonyl (C=O) groups excluding carboxylic acids is 5. The van der Waals surface area contributed by atoms with Gasteiger partial charge in [-0.3, -0.25) is 24.0 Å². The van der Waals surface area contributed by atoms with Crippen LogP contribution in [0.2, 0.25) is 0 Å². The van der Waals surface area contributed by atoms with Crippen molar-refractivity contribution >= 4 is 29.4 Å². The van der Waals surface area contributed by atoms with Gasteiger partial charge in [-0.15, -0.1) is 0 Å². The molecule has 2 rings (SSSR count). The largest absolute Gasteiger partial charge is 0.380 e. The smallest absolute Gasteiger partial charge is 0.242 e. The molecule has 12 heteroatoms. The first-order valence-corrected chi connectivity index (χ1v) is 16.5. The minimum Gasteiger partial charge on any atom is -0.380 e. The summed E-state index contributed by atoms with van der Waals surface area (Å²) in [5.41, 5.74) is 2.13. The fraction of sp³-hybridized carbons (Fsp3) is 0.781. The van der Waals surface area contributed by atoms with Gasteiger partial charge < -0.3 is 36.8 Å². The lowest BCUT2D eigenvalue weighted by molar-refractivity contribution is -0.131. The van der Waals surface area contributed by atoms with Crippen molar-refractivity contribution < 1.29 is 24.0 Å². The van der Waals surface area contributed by atoms with Gasteiger partial charge in [-0.1, -0.05) is 6.92 Å². The van der Waals surface area contributed by atoms with E-state index in [1.54, 1.807) is 0 Å². The highest BCUT2D eigenvalue weighted by Crippen LogP contribution is 2.33. The Labute approximate surface area is 263 Å². The van der Waals surface area contributed by atoms with Gasteiger partial charge in [0.25, 0.3) is 0 Å². The lowest BCUT2D eigenvalue weighted by atomic mass is 9.85. The first-order valence-electron chi connectivity index (χ1n) is 16.5. The molecule has 6 N–H and O–H groups in total. The maximum Gasteiger partial charge on any atom is 0.242 e. The lowest BCUT2D eigenvalue weighted by Crippen LogP contribution is -2.51. The first kappa shape index (κ1) is 37.2. The van der Waals surface area contributed by atoms with Crippen LogP contribution in [0.5, 0.6) is 0 Å². The summed E-state index contributed by atoms with van der Waals surface area (Å²) in [6, 6.07) is -0.251. The van der Waals surface area contributed by atoms with Crippen LogP contribution in [0.25, 0.3) is 0 Å². The molecular formula is C32H57N7O5. The molecule has 250 valence electrons. The van der Waals surface area contributed by atoms with Crippen LogP contribution in [0.4, 0.5) is 0 Å². The predicted molar refractivity (Wildman–Crippen MR) is 172 cm³/mol. The Bertz CT molecular complexity index is 1000. The molecule has 2 fully saturated rings. The van der Waals surface area contributed by atoms with E-state index in [1.807, 2.05) is 7.05 Å². The van der Waals surface area contributed by atoms with Crippen molar-refractivity contribution in [2.75, 3.05) is 39.8 Å². The lowest BCUT2D eigenvalue weighted by Gasteiger charge is -2.27. The van der Waals surface area contributed by atoms with Crippen LogP contribution in [-0.2, 0) is 24.0 Å². The molecule has 2 saturated carbocycles. The second-order valence-corrected chi connectivity index (χ2v) is 12.5. The zero-order valence-electron chi connectivity index (χ0n) is 27.8.